The number of nitrogens with zero attached hydrogens (tertiary/aromatic N) is 3. The number of amides is 2. The van der Waals surface area contributed by atoms with Crippen molar-refractivity contribution < 1.29 is 40.6 Å². The van der Waals surface area contributed by atoms with Crippen molar-refractivity contribution in [3.05, 3.63) is 42.5 Å². The van der Waals surface area contributed by atoms with Gasteiger partial charge in [-0.25, -0.2) is 0 Å². The van der Waals surface area contributed by atoms with Crippen LogP contribution in [0.15, 0.2) is 62.5 Å². The zero-order valence-electron chi connectivity index (χ0n) is 20.0. The molecule has 0 heterocycles. The molecular weight excluding hydrogens is 542 g/mol. The number of rotatable bonds is 8. The summed E-state index contributed by atoms with van der Waals surface area (Å²) in [7, 11) is -9.85. The third-order valence-electron chi connectivity index (χ3n) is 5.17. The predicted octanol–water partition coefficient (Wildman–Crippen LogP) is 2.72. The Hall–Kier alpha value is -3.96. The average molecular weight is 566 g/mol. The van der Waals surface area contributed by atoms with Crippen LogP contribution in [0.2, 0.25) is 0 Å². The third-order valence-corrected chi connectivity index (χ3v) is 6.87. The molecule has 202 valence electrons. The molecule has 0 aliphatic carbocycles. The second kappa shape index (κ2) is 10.8. The van der Waals surface area contributed by atoms with Gasteiger partial charge < -0.3 is 21.1 Å². The normalized spacial score (nSPS) is 12.1. The molecule has 2 amide bonds. The Morgan fingerprint density at radius 1 is 0.974 bits per heavy atom. The Bertz CT molecular complexity index is 1670. The van der Waals surface area contributed by atoms with Crippen molar-refractivity contribution in [1.29, 1.82) is 0 Å². The van der Waals surface area contributed by atoms with Gasteiger partial charge in [-0.15, -0.1) is 5.11 Å². The van der Waals surface area contributed by atoms with Crippen molar-refractivity contribution in [3.8, 4) is 5.75 Å². The van der Waals surface area contributed by atoms with E-state index in [9.17, 15) is 40.6 Å². The van der Waals surface area contributed by atoms with E-state index in [-0.39, 0.29) is 41.1 Å². The zero-order chi connectivity index (χ0) is 28.4. The predicted molar refractivity (Wildman–Crippen MR) is 137 cm³/mol. The Morgan fingerprint density at radius 3 is 2.11 bits per heavy atom. The van der Waals surface area contributed by atoms with Crippen LogP contribution in [-0.2, 0) is 29.8 Å². The molecule has 3 rings (SSSR count). The molecule has 0 aliphatic rings. The maximum absolute atomic E-state index is 12.1. The first-order valence-electron chi connectivity index (χ1n) is 10.7. The number of carbonyl (C=O) groups is 2. The smallest absolute Gasteiger partial charge is 0.296 e. The Balaban J connectivity index is 2.22. The zero-order valence-corrected chi connectivity index (χ0v) is 21.6. The van der Waals surface area contributed by atoms with Crippen LogP contribution in [0.5, 0.6) is 5.75 Å². The van der Waals surface area contributed by atoms with Gasteiger partial charge in [-0.2, -0.15) is 21.9 Å². The Labute approximate surface area is 217 Å². The molecule has 0 unspecified atom stereocenters. The van der Waals surface area contributed by atoms with Crippen LogP contribution < -0.4 is 16.0 Å². The topological polar surface area (TPSA) is 229 Å². The number of benzene rings is 3. The fourth-order valence-electron chi connectivity index (χ4n) is 3.59. The fourth-order valence-corrected chi connectivity index (χ4v) is 4.80. The minimum absolute atomic E-state index is 0.176. The van der Waals surface area contributed by atoms with E-state index in [2.05, 4.69) is 15.5 Å². The number of nitrogens with two attached hydrogens (primary N) is 1. The van der Waals surface area contributed by atoms with Crippen LogP contribution in [0, 0.1) is 0 Å². The molecule has 38 heavy (non-hydrogen) atoms. The van der Waals surface area contributed by atoms with Crippen molar-refractivity contribution in [2.75, 3.05) is 23.3 Å². The highest BCUT2D eigenvalue weighted by Gasteiger charge is 2.25. The highest BCUT2D eigenvalue weighted by molar-refractivity contribution is 7.86. The molecule has 0 bridgehead atoms. The molecule has 6 N–H and O–H groups in total. The summed E-state index contributed by atoms with van der Waals surface area (Å²) in [6.45, 7) is 2.97. The van der Waals surface area contributed by atoms with E-state index in [1.54, 1.807) is 12.1 Å². The summed E-state index contributed by atoms with van der Waals surface area (Å²) in [6.07, 6.45) is 0. The number of nitrogens with one attached hydrogen (secondary N) is 1. The van der Waals surface area contributed by atoms with Crippen molar-refractivity contribution in [3.63, 3.8) is 0 Å². The van der Waals surface area contributed by atoms with Crippen LogP contribution in [0.3, 0.4) is 0 Å². The lowest BCUT2D eigenvalue weighted by Crippen LogP contribution is -2.33. The lowest BCUT2D eigenvalue weighted by atomic mass is 10.1. The van der Waals surface area contributed by atoms with E-state index in [0.29, 0.717) is 5.69 Å². The van der Waals surface area contributed by atoms with Gasteiger partial charge in [-0.3, -0.25) is 18.7 Å². The Morgan fingerprint density at radius 2 is 1.61 bits per heavy atom. The van der Waals surface area contributed by atoms with Gasteiger partial charge in [-0.05, 0) is 47.9 Å². The molecule has 0 fully saturated rings. The van der Waals surface area contributed by atoms with Crippen molar-refractivity contribution >= 4 is 65.6 Å². The van der Waals surface area contributed by atoms with Gasteiger partial charge in [0.15, 0.2) is 5.75 Å². The molecule has 3 aromatic rings. The molecular formula is C22H23N5O9S2. The molecule has 0 atom stereocenters. The number of azo groups is 1. The van der Waals surface area contributed by atoms with Crippen LogP contribution in [0.4, 0.5) is 22.7 Å². The van der Waals surface area contributed by atoms with E-state index in [0.717, 1.165) is 25.1 Å². The minimum atomic E-state index is -5.04. The van der Waals surface area contributed by atoms with Crippen molar-refractivity contribution in [2.24, 2.45) is 16.0 Å². The summed E-state index contributed by atoms with van der Waals surface area (Å²) in [5.74, 6) is -1.77. The maximum atomic E-state index is 12.1. The summed E-state index contributed by atoms with van der Waals surface area (Å²) in [4.78, 5) is 23.3. The monoisotopic (exact) mass is 565 g/mol. The number of fused-ring (bicyclic) bond motifs is 1. The molecule has 16 heteroatoms. The van der Waals surface area contributed by atoms with Crippen LogP contribution in [-0.4, -0.2) is 56.0 Å². The first-order chi connectivity index (χ1) is 17.6. The average Bonchev–Trinajstić information content (AvgIpc) is 2.80. The highest BCUT2D eigenvalue weighted by Crippen LogP contribution is 2.45. The van der Waals surface area contributed by atoms with Gasteiger partial charge in [0.25, 0.3) is 20.2 Å². The van der Waals surface area contributed by atoms with E-state index in [1.165, 1.54) is 24.0 Å². The number of anilines is 2. The summed E-state index contributed by atoms with van der Waals surface area (Å²) < 4.78 is 66.8. The molecule has 0 spiro atoms. The summed E-state index contributed by atoms with van der Waals surface area (Å²) in [5.41, 5.74) is 5.23. The molecule has 0 radical (unpaired) electrons. The van der Waals surface area contributed by atoms with E-state index in [1.807, 2.05) is 0 Å². The van der Waals surface area contributed by atoms with Crippen LogP contribution >= 0.6 is 0 Å². The minimum Gasteiger partial charge on any atom is -0.505 e. The van der Waals surface area contributed by atoms with Gasteiger partial charge in [-0.1, -0.05) is 0 Å². The van der Waals surface area contributed by atoms with Crippen LogP contribution in [0.1, 0.15) is 13.8 Å². The van der Waals surface area contributed by atoms with Crippen LogP contribution in [0.25, 0.3) is 10.8 Å². The van der Waals surface area contributed by atoms with Gasteiger partial charge in [0.2, 0.25) is 11.8 Å². The number of aromatic hydroxyl groups is 1. The number of carbonyl (C=O) groups excluding carboxylic acids is 2. The van der Waals surface area contributed by atoms with Crippen molar-refractivity contribution in [1.82, 2.24) is 0 Å². The Kier molecular flexibility index (Phi) is 8.13. The molecule has 0 aromatic heterocycles. The highest BCUT2D eigenvalue weighted by atomic mass is 32.2. The molecule has 0 saturated heterocycles. The lowest BCUT2D eigenvalue weighted by Gasteiger charge is -2.20. The van der Waals surface area contributed by atoms with E-state index >= 15 is 0 Å². The number of hydrogen-bond donors (Lipinski definition) is 5. The summed E-state index contributed by atoms with van der Waals surface area (Å²) in [5, 5.41) is 20.4. The summed E-state index contributed by atoms with van der Waals surface area (Å²) in [6, 6.07) is 8.50. The van der Waals surface area contributed by atoms with Crippen molar-refractivity contribution in [2.45, 2.75) is 23.6 Å². The largest absolute Gasteiger partial charge is 0.505 e. The van der Waals surface area contributed by atoms with Gasteiger partial charge in [0.05, 0.1) is 16.3 Å². The quantitative estimate of drug-likeness (QED) is 0.198. The lowest BCUT2D eigenvalue weighted by molar-refractivity contribution is -0.116. The fraction of sp³-hybridized carbons (Fsp3) is 0.182. The van der Waals surface area contributed by atoms with Gasteiger partial charge in [0, 0.05) is 38.0 Å². The number of hydrogen-bond acceptors (Lipinski definition) is 10. The van der Waals surface area contributed by atoms with E-state index in [4.69, 9.17) is 5.73 Å². The molecule has 0 aliphatic heterocycles. The standard InChI is InChI=1S/C22H23N5O9S2/c1-12(28)24-18-11-17(37(31,32)33)9-14-10-19(38(34,35)36)21(22(30)20(14)18)26-25-15-3-5-16(6-4-15)27(8-7-23)13(2)29/h3-6,9-11,30H,7-8,23H2,1-2H3,(H,24,28)(H,31,32,33)(H,34,35,36). The first kappa shape index (κ1) is 28.6. The van der Waals surface area contributed by atoms with Gasteiger partial charge >= 0.3 is 0 Å². The molecule has 3 aromatic carbocycles. The molecule has 14 nitrogen and oxygen atoms in total. The first-order valence-corrected chi connectivity index (χ1v) is 13.6. The summed E-state index contributed by atoms with van der Waals surface area (Å²) >= 11 is 0. The second-order valence-electron chi connectivity index (χ2n) is 7.95. The number of phenols is 1. The van der Waals surface area contributed by atoms with Gasteiger partial charge in [0.1, 0.15) is 10.6 Å². The SMILES string of the molecule is CC(=O)Nc1cc(S(=O)(=O)O)cc2cc(S(=O)(=O)O)c(N=Nc3ccc(N(CCN)C(C)=O)cc3)c(O)c12. The third kappa shape index (κ3) is 6.29. The maximum Gasteiger partial charge on any atom is 0.296 e. The second-order valence-corrected chi connectivity index (χ2v) is 10.8. The molecule has 0 saturated carbocycles. The number of phenolic OH excluding ortho intramolecular Hbond substituents is 1. The van der Waals surface area contributed by atoms with E-state index < -0.39 is 47.4 Å².